The molecule has 0 unspecified atom stereocenters. The van der Waals surface area contributed by atoms with Crippen molar-refractivity contribution < 1.29 is 13.9 Å². The van der Waals surface area contributed by atoms with Gasteiger partial charge in [0.15, 0.2) is 5.83 Å². The van der Waals surface area contributed by atoms with Gasteiger partial charge < -0.3 is 5.11 Å². The lowest BCUT2D eigenvalue weighted by atomic mass is 10.2. The lowest BCUT2D eigenvalue weighted by Gasteiger charge is -1.95. The topological polar surface area (TPSA) is 20.2 Å². The van der Waals surface area contributed by atoms with Crippen molar-refractivity contribution in [3.05, 3.63) is 11.7 Å². The van der Waals surface area contributed by atoms with Crippen LogP contribution in [0.25, 0.3) is 0 Å². The van der Waals surface area contributed by atoms with Crippen LogP contribution in [0.1, 0.15) is 26.2 Å². The Bertz CT molecular complexity index is 121. The van der Waals surface area contributed by atoms with Crippen molar-refractivity contribution >= 4 is 0 Å². The molecule has 0 spiro atoms. The summed E-state index contributed by atoms with van der Waals surface area (Å²) in [6.07, 6.45) is 1.55. The summed E-state index contributed by atoms with van der Waals surface area (Å²) >= 11 is 0. The van der Waals surface area contributed by atoms with Gasteiger partial charge in [-0.15, -0.1) is 0 Å². The monoisotopic (exact) mass is 150 g/mol. The van der Waals surface area contributed by atoms with Gasteiger partial charge in [-0.3, -0.25) is 0 Å². The van der Waals surface area contributed by atoms with Crippen molar-refractivity contribution in [3.8, 4) is 0 Å². The molecule has 0 aliphatic carbocycles. The molecule has 1 nitrogen and oxygen atoms in total. The number of rotatable bonds is 4. The van der Waals surface area contributed by atoms with Gasteiger partial charge in [0.05, 0.1) is 6.61 Å². The van der Waals surface area contributed by atoms with Crippen LogP contribution >= 0.6 is 0 Å². The minimum Gasteiger partial charge on any atom is -0.389 e. The zero-order valence-electron chi connectivity index (χ0n) is 6.03. The number of unbranched alkanes of at least 4 members (excludes halogenated alkanes) is 1. The van der Waals surface area contributed by atoms with Gasteiger partial charge in [-0.05, 0) is 6.42 Å². The summed E-state index contributed by atoms with van der Waals surface area (Å²) in [4.78, 5) is 0. The maximum atomic E-state index is 12.3. The quantitative estimate of drug-likeness (QED) is 0.652. The Balaban J connectivity index is 3.68. The lowest BCUT2D eigenvalue weighted by Crippen LogP contribution is -1.87. The van der Waals surface area contributed by atoms with E-state index in [1.165, 1.54) is 0 Å². The summed E-state index contributed by atoms with van der Waals surface area (Å²) in [6.45, 7) is 1.07. The van der Waals surface area contributed by atoms with E-state index >= 15 is 0 Å². The summed E-state index contributed by atoms with van der Waals surface area (Å²) in [5, 5.41) is 8.13. The molecule has 0 atom stereocenters. The second-order valence-electron chi connectivity index (χ2n) is 2.07. The fraction of sp³-hybridized carbons (Fsp3) is 0.714. The highest BCUT2D eigenvalue weighted by molar-refractivity contribution is 4.99. The summed E-state index contributed by atoms with van der Waals surface area (Å²) in [7, 11) is 0. The van der Waals surface area contributed by atoms with Gasteiger partial charge in [0.1, 0.15) is 5.83 Å². The Kier molecular flexibility index (Phi) is 5.12. The first kappa shape index (κ1) is 9.56. The third-order valence-corrected chi connectivity index (χ3v) is 1.18. The van der Waals surface area contributed by atoms with Crippen molar-refractivity contribution in [3.63, 3.8) is 0 Å². The number of aliphatic hydroxyl groups is 1. The van der Waals surface area contributed by atoms with Gasteiger partial charge >= 0.3 is 0 Å². The largest absolute Gasteiger partial charge is 0.389 e. The minimum absolute atomic E-state index is 0.100. The highest BCUT2D eigenvalue weighted by Crippen LogP contribution is 2.14. The standard InChI is InChI=1S/C7H12F2O/c1-2-3-4-6(8)7(9)5-10/h10H,2-5H2,1H3/b7-6-. The molecule has 0 saturated heterocycles. The summed E-state index contributed by atoms with van der Waals surface area (Å²) in [6, 6.07) is 0. The molecule has 0 heterocycles. The first-order valence-electron chi connectivity index (χ1n) is 3.36. The van der Waals surface area contributed by atoms with Crippen LogP contribution in [-0.2, 0) is 0 Å². The van der Waals surface area contributed by atoms with Crippen LogP contribution in [0.3, 0.4) is 0 Å². The van der Waals surface area contributed by atoms with Gasteiger partial charge in [-0.2, -0.15) is 0 Å². The molecule has 0 aliphatic rings. The molecular weight excluding hydrogens is 138 g/mol. The molecule has 0 saturated carbocycles. The Morgan fingerprint density at radius 1 is 1.30 bits per heavy atom. The van der Waals surface area contributed by atoms with Crippen LogP contribution in [0, 0.1) is 0 Å². The zero-order chi connectivity index (χ0) is 7.98. The Morgan fingerprint density at radius 3 is 2.30 bits per heavy atom. The summed E-state index contributed by atoms with van der Waals surface area (Å²) < 4.78 is 24.4. The van der Waals surface area contributed by atoms with Gasteiger partial charge in [-0.1, -0.05) is 13.3 Å². The molecule has 0 radical (unpaired) electrons. The Morgan fingerprint density at radius 2 is 1.90 bits per heavy atom. The van der Waals surface area contributed by atoms with Crippen molar-refractivity contribution in [2.45, 2.75) is 26.2 Å². The van der Waals surface area contributed by atoms with E-state index in [-0.39, 0.29) is 6.42 Å². The zero-order valence-corrected chi connectivity index (χ0v) is 6.03. The van der Waals surface area contributed by atoms with Crippen LogP contribution in [0.5, 0.6) is 0 Å². The molecule has 0 fully saturated rings. The maximum Gasteiger partial charge on any atom is 0.157 e. The molecule has 0 aliphatic heterocycles. The molecule has 0 aromatic rings. The number of hydrogen-bond acceptors (Lipinski definition) is 1. The molecule has 10 heavy (non-hydrogen) atoms. The second-order valence-corrected chi connectivity index (χ2v) is 2.07. The average Bonchev–Trinajstić information content (AvgIpc) is 1.98. The first-order chi connectivity index (χ1) is 4.72. The van der Waals surface area contributed by atoms with Crippen molar-refractivity contribution in [2.75, 3.05) is 6.61 Å². The first-order valence-corrected chi connectivity index (χ1v) is 3.36. The lowest BCUT2D eigenvalue weighted by molar-refractivity contribution is 0.287. The van der Waals surface area contributed by atoms with Crippen LogP contribution in [0.4, 0.5) is 8.78 Å². The Labute approximate surface area is 59.4 Å². The number of hydrogen-bond donors (Lipinski definition) is 1. The van der Waals surface area contributed by atoms with Crippen LogP contribution in [0.15, 0.2) is 11.7 Å². The van der Waals surface area contributed by atoms with E-state index in [9.17, 15) is 8.78 Å². The van der Waals surface area contributed by atoms with Crippen LogP contribution in [0.2, 0.25) is 0 Å². The highest BCUT2D eigenvalue weighted by Gasteiger charge is 2.02. The third kappa shape index (κ3) is 3.56. The number of halogens is 2. The normalized spacial score (nSPS) is 13.2. The molecule has 0 aromatic heterocycles. The molecule has 0 rings (SSSR count). The Hall–Kier alpha value is -0.440. The van der Waals surface area contributed by atoms with Gasteiger partial charge in [-0.25, -0.2) is 8.78 Å². The number of allylic oxidation sites excluding steroid dienone is 1. The van der Waals surface area contributed by atoms with Crippen LogP contribution < -0.4 is 0 Å². The van der Waals surface area contributed by atoms with E-state index in [2.05, 4.69) is 0 Å². The predicted octanol–water partition coefficient (Wildman–Crippen LogP) is 2.32. The molecular formula is C7H12F2O. The van der Waals surface area contributed by atoms with E-state index in [0.29, 0.717) is 6.42 Å². The van der Waals surface area contributed by atoms with Gasteiger partial charge in [0.2, 0.25) is 0 Å². The third-order valence-electron chi connectivity index (χ3n) is 1.18. The second kappa shape index (κ2) is 5.35. The predicted molar refractivity (Wildman–Crippen MR) is 35.9 cm³/mol. The fourth-order valence-corrected chi connectivity index (χ4v) is 0.553. The SMILES string of the molecule is CCCC/C(F)=C(/F)CO. The van der Waals surface area contributed by atoms with Gasteiger partial charge in [0, 0.05) is 6.42 Å². The smallest absolute Gasteiger partial charge is 0.157 e. The number of aliphatic hydroxyl groups excluding tert-OH is 1. The average molecular weight is 150 g/mol. The van der Waals surface area contributed by atoms with E-state index in [1.807, 2.05) is 6.92 Å². The van der Waals surface area contributed by atoms with E-state index in [1.54, 1.807) is 0 Å². The molecule has 0 bridgehead atoms. The molecule has 0 amide bonds. The van der Waals surface area contributed by atoms with E-state index in [4.69, 9.17) is 5.11 Å². The van der Waals surface area contributed by atoms with E-state index in [0.717, 1.165) is 6.42 Å². The van der Waals surface area contributed by atoms with Crippen molar-refractivity contribution in [1.29, 1.82) is 0 Å². The summed E-state index contributed by atoms with van der Waals surface area (Å²) in [5.41, 5.74) is 0. The van der Waals surface area contributed by atoms with Gasteiger partial charge in [0.25, 0.3) is 0 Å². The fourth-order valence-electron chi connectivity index (χ4n) is 0.553. The summed E-state index contributed by atoms with van der Waals surface area (Å²) in [5.74, 6) is -1.85. The van der Waals surface area contributed by atoms with Crippen molar-refractivity contribution in [1.82, 2.24) is 0 Å². The maximum absolute atomic E-state index is 12.3. The van der Waals surface area contributed by atoms with Crippen molar-refractivity contribution in [2.24, 2.45) is 0 Å². The van der Waals surface area contributed by atoms with E-state index < -0.39 is 18.3 Å². The molecule has 1 N–H and O–H groups in total. The minimum atomic E-state index is -1.03. The molecule has 3 heteroatoms. The highest BCUT2D eigenvalue weighted by atomic mass is 19.2. The molecule has 60 valence electrons. The molecule has 0 aromatic carbocycles. The van der Waals surface area contributed by atoms with Crippen LogP contribution in [-0.4, -0.2) is 11.7 Å².